The standard InChI is InChI=1S/C21H15N3O2S2/c1-15-17(14-22)18-10-5-6-12-24(18)21(15)20(16-8-3-2-4-9-16)23-28(25,26)19-11-7-13-27-19/h2-13H,1H3/b23-20+. The van der Waals surface area contributed by atoms with E-state index in [4.69, 9.17) is 0 Å². The predicted molar refractivity (Wildman–Crippen MR) is 110 cm³/mol. The molecule has 0 saturated carbocycles. The smallest absolute Gasteiger partial charge is 0.292 e. The number of fused-ring (bicyclic) bond motifs is 1. The normalized spacial score (nSPS) is 12.2. The molecule has 3 heterocycles. The molecule has 0 saturated heterocycles. The molecule has 138 valence electrons. The van der Waals surface area contributed by atoms with Crippen LogP contribution in [0, 0.1) is 18.3 Å². The van der Waals surface area contributed by atoms with E-state index < -0.39 is 10.0 Å². The van der Waals surface area contributed by atoms with E-state index in [1.165, 1.54) is 6.07 Å². The third kappa shape index (κ3) is 3.03. The van der Waals surface area contributed by atoms with Gasteiger partial charge in [-0.25, -0.2) is 0 Å². The summed E-state index contributed by atoms with van der Waals surface area (Å²) in [6, 6.07) is 20.1. The van der Waals surface area contributed by atoms with E-state index in [1.54, 1.807) is 11.4 Å². The molecule has 7 heteroatoms. The molecule has 5 nitrogen and oxygen atoms in total. The lowest BCUT2D eigenvalue weighted by atomic mass is 10.0. The number of nitrogens with zero attached hydrogens (tertiary/aromatic N) is 3. The first-order valence-corrected chi connectivity index (χ1v) is 10.8. The lowest BCUT2D eigenvalue weighted by Gasteiger charge is -2.09. The van der Waals surface area contributed by atoms with Crippen LogP contribution in [0.5, 0.6) is 0 Å². The van der Waals surface area contributed by atoms with Gasteiger partial charge in [0.1, 0.15) is 16.0 Å². The van der Waals surface area contributed by atoms with E-state index in [2.05, 4.69) is 10.5 Å². The van der Waals surface area contributed by atoms with Crippen LogP contribution in [0.4, 0.5) is 0 Å². The third-order valence-corrected chi connectivity index (χ3v) is 7.08. The summed E-state index contributed by atoms with van der Waals surface area (Å²) in [7, 11) is -3.89. The van der Waals surface area contributed by atoms with Gasteiger partial charge in [-0.3, -0.25) is 0 Å². The Kier molecular flexibility index (Phi) is 4.59. The van der Waals surface area contributed by atoms with Crippen molar-refractivity contribution in [3.63, 3.8) is 0 Å². The minimum Gasteiger partial charge on any atom is -0.313 e. The van der Waals surface area contributed by atoms with Crippen molar-refractivity contribution in [3.8, 4) is 6.07 Å². The maximum atomic E-state index is 12.9. The molecule has 0 fully saturated rings. The summed E-state index contributed by atoms with van der Waals surface area (Å²) < 4.78 is 32.1. The SMILES string of the molecule is Cc1c(C#N)c2ccccn2c1/C(=N/S(=O)(=O)c1cccs1)c1ccccc1. The number of rotatable bonds is 4. The highest BCUT2D eigenvalue weighted by Gasteiger charge is 2.23. The fourth-order valence-corrected chi connectivity index (χ4v) is 5.16. The van der Waals surface area contributed by atoms with Gasteiger partial charge in [0.2, 0.25) is 0 Å². The molecule has 0 unspecified atom stereocenters. The Labute approximate surface area is 166 Å². The average Bonchev–Trinajstić information content (AvgIpc) is 3.34. The number of nitriles is 1. The van der Waals surface area contributed by atoms with E-state index >= 15 is 0 Å². The molecular formula is C21H15N3O2S2. The van der Waals surface area contributed by atoms with Gasteiger partial charge in [-0.2, -0.15) is 18.1 Å². The van der Waals surface area contributed by atoms with Crippen molar-refractivity contribution in [3.05, 3.63) is 94.6 Å². The molecule has 0 atom stereocenters. The number of aromatic nitrogens is 1. The van der Waals surface area contributed by atoms with Gasteiger partial charge < -0.3 is 4.40 Å². The number of thiophene rings is 1. The van der Waals surface area contributed by atoms with Crippen molar-refractivity contribution in [1.82, 2.24) is 4.40 Å². The van der Waals surface area contributed by atoms with Gasteiger partial charge in [0.05, 0.1) is 16.8 Å². The van der Waals surface area contributed by atoms with Crippen LogP contribution in [0.3, 0.4) is 0 Å². The molecule has 4 aromatic rings. The Balaban J connectivity index is 2.08. The second-order valence-corrected chi connectivity index (χ2v) is 8.91. The van der Waals surface area contributed by atoms with Crippen LogP contribution >= 0.6 is 11.3 Å². The van der Waals surface area contributed by atoms with Crippen molar-refractivity contribution in [2.45, 2.75) is 11.1 Å². The first-order valence-electron chi connectivity index (χ1n) is 8.47. The average molecular weight is 406 g/mol. The van der Waals surface area contributed by atoms with Gasteiger partial charge in [-0.05, 0) is 36.1 Å². The molecule has 0 aliphatic carbocycles. The minimum atomic E-state index is -3.89. The molecule has 1 aromatic carbocycles. The lowest BCUT2D eigenvalue weighted by Crippen LogP contribution is -2.11. The van der Waals surface area contributed by atoms with E-state index in [-0.39, 0.29) is 4.21 Å². The lowest BCUT2D eigenvalue weighted by molar-refractivity contribution is 0.600. The summed E-state index contributed by atoms with van der Waals surface area (Å²) in [6.07, 6.45) is 1.81. The number of hydrogen-bond acceptors (Lipinski definition) is 4. The molecule has 0 spiro atoms. The summed E-state index contributed by atoms with van der Waals surface area (Å²) in [5, 5.41) is 11.3. The maximum Gasteiger partial charge on any atom is 0.292 e. The van der Waals surface area contributed by atoms with E-state index in [0.29, 0.717) is 28.1 Å². The topological polar surface area (TPSA) is 74.7 Å². The monoisotopic (exact) mass is 405 g/mol. The molecule has 0 aliphatic rings. The van der Waals surface area contributed by atoms with Gasteiger partial charge in [-0.15, -0.1) is 11.3 Å². The molecule has 3 aromatic heterocycles. The Bertz CT molecular complexity index is 1330. The molecule has 28 heavy (non-hydrogen) atoms. The second kappa shape index (κ2) is 7.08. The molecule has 4 rings (SSSR count). The van der Waals surface area contributed by atoms with Gasteiger partial charge in [0, 0.05) is 11.8 Å². The van der Waals surface area contributed by atoms with Crippen LogP contribution in [-0.2, 0) is 10.0 Å². The highest BCUT2D eigenvalue weighted by Crippen LogP contribution is 2.27. The molecule has 0 bridgehead atoms. The Morgan fingerprint density at radius 3 is 2.50 bits per heavy atom. The summed E-state index contributed by atoms with van der Waals surface area (Å²) in [6.45, 7) is 1.82. The van der Waals surface area contributed by atoms with Crippen molar-refractivity contribution >= 4 is 32.6 Å². The number of benzene rings is 1. The second-order valence-electron chi connectivity index (χ2n) is 6.13. The van der Waals surface area contributed by atoms with Crippen LogP contribution in [0.1, 0.15) is 22.4 Å². The molecule has 0 amide bonds. The van der Waals surface area contributed by atoms with E-state index in [1.807, 2.05) is 66.1 Å². The maximum absolute atomic E-state index is 12.9. The highest BCUT2D eigenvalue weighted by atomic mass is 32.2. The summed E-state index contributed by atoms with van der Waals surface area (Å²) in [5.74, 6) is 0. The zero-order valence-corrected chi connectivity index (χ0v) is 16.5. The fourth-order valence-electron chi connectivity index (χ4n) is 3.17. The minimum absolute atomic E-state index is 0.181. The van der Waals surface area contributed by atoms with Crippen molar-refractivity contribution in [2.24, 2.45) is 4.40 Å². The number of sulfonamides is 1. The first kappa shape index (κ1) is 18.2. The van der Waals surface area contributed by atoms with Gasteiger partial charge in [0.25, 0.3) is 10.0 Å². The Morgan fingerprint density at radius 1 is 1.07 bits per heavy atom. The molecular weight excluding hydrogens is 390 g/mol. The highest BCUT2D eigenvalue weighted by molar-refractivity contribution is 7.92. The van der Waals surface area contributed by atoms with Crippen molar-refractivity contribution in [2.75, 3.05) is 0 Å². The van der Waals surface area contributed by atoms with Crippen molar-refractivity contribution < 1.29 is 8.42 Å². The van der Waals surface area contributed by atoms with Crippen LogP contribution in [-0.4, -0.2) is 18.5 Å². The van der Waals surface area contributed by atoms with E-state index in [0.717, 1.165) is 16.9 Å². The van der Waals surface area contributed by atoms with Crippen LogP contribution in [0.2, 0.25) is 0 Å². The zero-order chi connectivity index (χ0) is 19.7. The number of pyridine rings is 1. The largest absolute Gasteiger partial charge is 0.313 e. The quantitative estimate of drug-likeness (QED) is 0.472. The van der Waals surface area contributed by atoms with Gasteiger partial charge in [-0.1, -0.05) is 42.5 Å². The van der Waals surface area contributed by atoms with Gasteiger partial charge in [0.15, 0.2) is 0 Å². The van der Waals surface area contributed by atoms with E-state index in [9.17, 15) is 13.7 Å². The molecule has 0 N–H and O–H groups in total. The summed E-state index contributed by atoms with van der Waals surface area (Å²) in [4.78, 5) is 0. The summed E-state index contributed by atoms with van der Waals surface area (Å²) in [5.41, 5.74) is 3.49. The Morgan fingerprint density at radius 2 is 1.82 bits per heavy atom. The zero-order valence-electron chi connectivity index (χ0n) is 14.9. The first-order chi connectivity index (χ1) is 13.5. The van der Waals surface area contributed by atoms with Crippen molar-refractivity contribution in [1.29, 1.82) is 5.26 Å². The van der Waals surface area contributed by atoms with Gasteiger partial charge >= 0.3 is 0 Å². The third-order valence-electron chi connectivity index (χ3n) is 4.43. The Hall–Kier alpha value is -3.21. The van der Waals surface area contributed by atoms with Crippen LogP contribution < -0.4 is 0 Å². The fraction of sp³-hybridized carbons (Fsp3) is 0.0476. The van der Waals surface area contributed by atoms with Crippen LogP contribution in [0.25, 0.3) is 5.52 Å². The predicted octanol–water partition coefficient (Wildman–Crippen LogP) is 4.41. The number of hydrogen-bond donors (Lipinski definition) is 0. The summed E-state index contributed by atoms with van der Waals surface area (Å²) >= 11 is 1.13. The molecule has 0 radical (unpaired) electrons. The van der Waals surface area contributed by atoms with Crippen LogP contribution in [0.15, 0.2) is 80.8 Å². The molecule has 0 aliphatic heterocycles.